The van der Waals surface area contributed by atoms with Gasteiger partial charge in [0.2, 0.25) is 0 Å². The Hall–Kier alpha value is -1.02. The van der Waals surface area contributed by atoms with E-state index >= 15 is 0 Å². The SMILES string of the molecule is CCC(=O)/C=C/c1ccc(SC)cc1. The van der Waals surface area contributed by atoms with E-state index in [4.69, 9.17) is 0 Å². The molecular weight excluding hydrogens is 192 g/mol. The molecule has 0 N–H and O–H groups in total. The van der Waals surface area contributed by atoms with Gasteiger partial charge < -0.3 is 0 Å². The molecule has 0 aliphatic heterocycles. The van der Waals surface area contributed by atoms with Gasteiger partial charge in [-0.15, -0.1) is 11.8 Å². The van der Waals surface area contributed by atoms with Gasteiger partial charge in [0, 0.05) is 11.3 Å². The fraction of sp³-hybridized carbons (Fsp3) is 0.250. The third-order valence-corrected chi connectivity index (χ3v) is 2.67. The summed E-state index contributed by atoms with van der Waals surface area (Å²) in [7, 11) is 0. The van der Waals surface area contributed by atoms with Crippen LogP contribution in [0.3, 0.4) is 0 Å². The van der Waals surface area contributed by atoms with E-state index in [1.807, 2.05) is 31.4 Å². The predicted octanol–water partition coefficient (Wildman–Crippen LogP) is 3.40. The molecule has 0 aromatic heterocycles. The zero-order valence-corrected chi connectivity index (χ0v) is 9.30. The lowest BCUT2D eigenvalue weighted by Crippen LogP contribution is -1.86. The Morgan fingerprint density at radius 3 is 2.50 bits per heavy atom. The highest BCUT2D eigenvalue weighted by Crippen LogP contribution is 2.15. The summed E-state index contributed by atoms with van der Waals surface area (Å²) in [6.07, 6.45) is 6.11. The highest BCUT2D eigenvalue weighted by atomic mass is 32.2. The van der Waals surface area contributed by atoms with Gasteiger partial charge in [-0.25, -0.2) is 0 Å². The first-order valence-electron chi connectivity index (χ1n) is 4.61. The van der Waals surface area contributed by atoms with Crippen LogP contribution < -0.4 is 0 Å². The second kappa shape index (κ2) is 5.66. The summed E-state index contributed by atoms with van der Waals surface area (Å²) in [5.74, 6) is 0.166. The first kappa shape index (κ1) is 11.1. The zero-order valence-electron chi connectivity index (χ0n) is 8.49. The standard InChI is InChI=1S/C12H14OS/c1-3-11(13)7-4-10-5-8-12(14-2)9-6-10/h4-9H,3H2,1-2H3/b7-4+. The maximum Gasteiger partial charge on any atom is 0.155 e. The van der Waals surface area contributed by atoms with Crippen LogP contribution in [-0.2, 0) is 4.79 Å². The van der Waals surface area contributed by atoms with Crippen LogP contribution >= 0.6 is 11.8 Å². The maximum absolute atomic E-state index is 11.0. The van der Waals surface area contributed by atoms with E-state index in [1.54, 1.807) is 17.8 Å². The molecule has 0 bridgehead atoms. The van der Waals surface area contributed by atoms with Crippen molar-refractivity contribution in [1.82, 2.24) is 0 Å². The molecule has 0 amide bonds. The van der Waals surface area contributed by atoms with Crippen LogP contribution in [0.15, 0.2) is 35.2 Å². The van der Waals surface area contributed by atoms with Crippen molar-refractivity contribution < 1.29 is 4.79 Å². The van der Waals surface area contributed by atoms with Crippen LogP contribution in [0.5, 0.6) is 0 Å². The van der Waals surface area contributed by atoms with Crippen molar-refractivity contribution in [3.63, 3.8) is 0 Å². The van der Waals surface area contributed by atoms with Crippen molar-refractivity contribution in [2.45, 2.75) is 18.2 Å². The van der Waals surface area contributed by atoms with E-state index < -0.39 is 0 Å². The van der Waals surface area contributed by atoms with Crippen LogP contribution in [0, 0.1) is 0 Å². The molecule has 1 rings (SSSR count). The Balaban J connectivity index is 2.68. The molecule has 1 nitrogen and oxygen atoms in total. The third kappa shape index (κ3) is 3.38. The normalized spacial score (nSPS) is 10.7. The Labute approximate surface area is 89.2 Å². The lowest BCUT2D eigenvalue weighted by molar-refractivity contribution is -0.114. The predicted molar refractivity (Wildman–Crippen MR) is 62.6 cm³/mol. The number of ketones is 1. The summed E-state index contributed by atoms with van der Waals surface area (Å²) in [4.78, 5) is 12.3. The fourth-order valence-electron chi connectivity index (χ4n) is 1.02. The van der Waals surface area contributed by atoms with E-state index in [0.717, 1.165) is 5.56 Å². The molecule has 0 saturated carbocycles. The monoisotopic (exact) mass is 206 g/mol. The van der Waals surface area contributed by atoms with Crippen molar-refractivity contribution in [3.05, 3.63) is 35.9 Å². The summed E-state index contributed by atoms with van der Waals surface area (Å²) in [6.45, 7) is 1.86. The van der Waals surface area contributed by atoms with E-state index in [0.29, 0.717) is 6.42 Å². The van der Waals surface area contributed by atoms with Crippen molar-refractivity contribution in [1.29, 1.82) is 0 Å². The second-order valence-electron chi connectivity index (χ2n) is 2.93. The van der Waals surface area contributed by atoms with Crippen LogP contribution in [0.1, 0.15) is 18.9 Å². The summed E-state index contributed by atoms with van der Waals surface area (Å²) in [6, 6.07) is 8.15. The van der Waals surface area contributed by atoms with Gasteiger partial charge in [-0.1, -0.05) is 25.1 Å². The lowest BCUT2D eigenvalue weighted by atomic mass is 10.2. The minimum Gasteiger partial charge on any atom is -0.295 e. The van der Waals surface area contributed by atoms with E-state index in [-0.39, 0.29) is 5.78 Å². The van der Waals surface area contributed by atoms with Crippen molar-refractivity contribution in [2.75, 3.05) is 6.26 Å². The van der Waals surface area contributed by atoms with Gasteiger partial charge in [0.25, 0.3) is 0 Å². The maximum atomic E-state index is 11.0. The molecule has 14 heavy (non-hydrogen) atoms. The fourth-order valence-corrected chi connectivity index (χ4v) is 1.43. The molecular formula is C12H14OS. The second-order valence-corrected chi connectivity index (χ2v) is 3.81. The molecule has 2 heteroatoms. The number of allylic oxidation sites excluding steroid dienone is 1. The van der Waals surface area contributed by atoms with E-state index in [2.05, 4.69) is 12.1 Å². The van der Waals surface area contributed by atoms with Crippen LogP contribution in [0.4, 0.5) is 0 Å². The Bertz CT molecular complexity index is 325. The molecule has 0 radical (unpaired) electrons. The molecule has 0 fully saturated rings. The van der Waals surface area contributed by atoms with Gasteiger partial charge in [-0.3, -0.25) is 4.79 Å². The topological polar surface area (TPSA) is 17.1 Å². The molecule has 0 spiro atoms. The zero-order chi connectivity index (χ0) is 10.4. The molecule has 0 saturated heterocycles. The molecule has 0 aliphatic rings. The highest BCUT2D eigenvalue weighted by molar-refractivity contribution is 7.98. The Morgan fingerprint density at radius 1 is 1.36 bits per heavy atom. The van der Waals surface area contributed by atoms with E-state index in [1.165, 1.54) is 4.90 Å². The van der Waals surface area contributed by atoms with Crippen LogP contribution in [0.2, 0.25) is 0 Å². The lowest BCUT2D eigenvalue weighted by Gasteiger charge is -1.96. The molecule has 74 valence electrons. The Morgan fingerprint density at radius 2 is 2.00 bits per heavy atom. The molecule has 0 heterocycles. The van der Waals surface area contributed by atoms with Gasteiger partial charge in [-0.2, -0.15) is 0 Å². The van der Waals surface area contributed by atoms with Crippen molar-refractivity contribution in [3.8, 4) is 0 Å². The minimum absolute atomic E-state index is 0.166. The average Bonchev–Trinajstić information content (AvgIpc) is 2.26. The largest absolute Gasteiger partial charge is 0.295 e. The smallest absolute Gasteiger partial charge is 0.155 e. The molecule has 1 aromatic rings. The summed E-state index contributed by atoms with van der Waals surface area (Å²) < 4.78 is 0. The number of thioether (sulfide) groups is 1. The number of hydrogen-bond acceptors (Lipinski definition) is 2. The molecule has 0 unspecified atom stereocenters. The number of benzene rings is 1. The number of rotatable bonds is 4. The molecule has 0 aliphatic carbocycles. The van der Waals surface area contributed by atoms with Gasteiger partial charge in [0.15, 0.2) is 5.78 Å². The number of hydrogen-bond donors (Lipinski definition) is 0. The van der Waals surface area contributed by atoms with Gasteiger partial charge in [0.1, 0.15) is 0 Å². The number of carbonyl (C=O) groups excluding carboxylic acids is 1. The first-order chi connectivity index (χ1) is 6.76. The third-order valence-electron chi connectivity index (χ3n) is 1.93. The summed E-state index contributed by atoms with van der Waals surface area (Å²) >= 11 is 1.72. The minimum atomic E-state index is 0.166. The van der Waals surface area contributed by atoms with Gasteiger partial charge in [0.05, 0.1) is 0 Å². The Kier molecular flexibility index (Phi) is 4.47. The van der Waals surface area contributed by atoms with Crippen LogP contribution in [0.25, 0.3) is 6.08 Å². The number of carbonyl (C=O) groups is 1. The quantitative estimate of drug-likeness (QED) is 0.555. The van der Waals surface area contributed by atoms with E-state index in [9.17, 15) is 4.79 Å². The van der Waals surface area contributed by atoms with Gasteiger partial charge in [-0.05, 0) is 30.0 Å². The highest BCUT2D eigenvalue weighted by Gasteiger charge is 1.92. The van der Waals surface area contributed by atoms with Gasteiger partial charge >= 0.3 is 0 Å². The summed E-state index contributed by atoms with van der Waals surface area (Å²) in [5, 5.41) is 0. The van der Waals surface area contributed by atoms with Crippen LogP contribution in [-0.4, -0.2) is 12.0 Å². The van der Waals surface area contributed by atoms with Crippen molar-refractivity contribution >= 4 is 23.6 Å². The first-order valence-corrected chi connectivity index (χ1v) is 5.83. The van der Waals surface area contributed by atoms with Crippen molar-refractivity contribution in [2.24, 2.45) is 0 Å². The molecule has 1 aromatic carbocycles. The molecule has 0 atom stereocenters. The average molecular weight is 206 g/mol. The summed E-state index contributed by atoms with van der Waals surface area (Å²) in [5.41, 5.74) is 1.07.